The van der Waals surface area contributed by atoms with E-state index in [0.29, 0.717) is 0 Å². The van der Waals surface area contributed by atoms with Gasteiger partial charge in [-0.2, -0.15) is 0 Å². The van der Waals surface area contributed by atoms with Crippen molar-refractivity contribution in [3.05, 3.63) is 64.7 Å². The molecule has 98 valence electrons. The van der Waals surface area contributed by atoms with Crippen molar-refractivity contribution in [3.63, 3.8) is 0 Å². The Hall–Kier alpha value is -2.29. The van der Waals surface area contributed by atoms with E-state index in [1.54, 1.807) is 6.20 Å². The number of fused-ring (bicyclic) bond motifs is 1. The van der Waals surface area contributed by atoms with E-state index in [0.717, 1.165) is 22.2 Å². The number of pyridine rings is 1. The summed E-state index contributed by atoms with van der Waals surface area (Å²) in [7, 11) is 0. The Balaban J connectivity index is 0.000000637. The number of benzene rings is 1. The van der Waals surface area contributed by atoms with E-state index in [-0.39, 0.29) is 5.56 Å². The standard InChI is InChI=1S/C14H12N2O.C2H6/c1-10-9-16(11-5-3-2-4-6-11)12-7-8-15-14(17)13(10)12;1-2/h2-9H,1H3,(H,15,17);1-2H3. The van der Waals surface area contributed by atoms with Crippen molar-refractivity contribution in [2.45, 2.75) is 20.8 Å². The lowest BCUT2D eigenvalue weighted by atomic mass is 10.2. The molecule has 1 aromatic carbocycles. The van der Waals surface area contributed by atoms with Gasteiger partial charge in [-0.15, -0.1) is 0 Å². The van der Waals surface area contributed by atoms with Crippen molar-refractivity contribution in [3.8, 4) is 5.69 Å². The molecule has 0 saturated carbocycles. The van der Waals surface area contributed by atoms with Crippen molar-refractivity contribution < 1.29 is 0 Å². The van der Waals surface area contributed by atoms with Crippen LogP contribution in [0.15, 0.2) is 53.6 Å². The number of nitrogens with zero attached hydrogens (tertiary/aromatic N) is 1. The van der Waals surface area contributed by atoms with Crippen molar-refractivity contribution in [2.24, 2.45) is 0 Å². The van der Waals surface area contributed by atoms with Crippen LogP contribution in [0.2, 0.25) is 0 Å². The molecule has 3 nitrogen and oxygen atoms in total. The van der Waals surface area contributed by atoms with Crippen LogP contribution in [0.3, 0.4) is 0 Å². The highest BCUT2D eigenvalue weighted by atomic mass is 16.1. The molecule has 2 heterocycles. The molecule has 0 unspecified atom stereocenters. The molecule has 0 saturated heterocycles. The Bertz CT molecular complexity index is 723. The van der Waals surface area contributed by atoms with E-state index in [2.05, 4.69) is 4.98 Å². The number of H-pyrrole nitrogens is 1. The van der Waals surface area contributed by atoms with Gasteiger partial charge in [-0.05, 0) is 30.7 Å². The second kappa shape index (κ2) is 5.57. The SMILES string of the molecule is CC.Cc1cn(-c2ccccc2)c2cc[nH]c(=O)c12. The largest absolute Gasteiger partial charge is 0.328 e. The Labute approximate surface area is 112 Å². The summed E-state index contributed by atoms with van der Waals surface area (Å²) in [6.45, 7) is 5.96. The zero-order valence-electron chi connectivity index (χ0n) is 11.5. The third-order valence-electron chi connectivity index (χ3n) is 2.95. The zero-order chi connectivity index (χ0) is 13.8. The number of hydrogen-bond donors (Lipinski definition) is 1. The molecule has 19 heavy (non-hydrogen) atoms. The first-order valence-corrected chi connectivity index (χ1v) is 6.52. The molecule has 2 aromatic heterocycles. The lowest BCUT2D eigenvalue weighted by Crippen LogP contribution is -2.04. The molecule has 0 aliphatic carbocycles. The van der Waals surface area contributed by atoms with Crippen LogP contribution in [0.5, 0.6) is 0 Å². The molecule has 0 aliphatic rings. The Morgan fingerprint density at radius 3 is 2.42 bits per heavy atom. The summed E-state index contributed by atoms with van der Waals surface area (Å²) in [5.41, 5.74) is 2.97. The Kier molecular flexibility index (Phi) is 3.85. The lowest BCUT2D eigenvalue weighted by Gasteiger charge is -2.03. The fourth-order valence-corrected chi connectivity index (χ4v) is 2.18. The van der Waals surface area contributed by atoms with E-state index in [4.69, 9.17) is 0 Å². The number of aryl methyl sites for hydroxylation is 1. The van der Waals surface area contributed by atoms with Gasteiger partial charge < -0.3 is 9.55 Å². The van der Waals surface area contributed by atoms with Gasteiger partial charge in [-0.25, -0.2) is 0 Å². The highest BCUT2D eigenvalue weighted by Gasteiger charge is 2.09. The first-order valence-electron chi connectivity index (χ1n) is 6.52. The van der Waals surface area contributed by atoms with E-state index in [1.807, 2.05) is 67.9 Å². The Morgan fingerprint density at radius 1 is 1.05 bits per heavy atom. The van der Waals surface area contributed by atoms with Crippen LogP contribution in [0.25, 0.3) is 16.6 Å². The molecule has 0 fully saturated rings. The Morgan fingerprint density at radius 2 is 1.74 bits per heavy atom. The average molecular weight is 254 g/mol. The van der Waals surface area contributed by atoms with Crippen molar-refractivity contribution in [2.75, 3.05) is 0 Å². The van der Waals surface area contributed by atoms with Crippen LogP contribution >= 0.6 is 0 Å². The van der Waals surface area contributed by atoms with Crippen LogP contribution < -0.4 is 5.56 Å². The molecule has 0 bridgehead atoms. The van der Waals surface area contributed by atoms with Gasteiger partial charge in [-0.1, -0.05) is 32.0 Å². The molecule has 0 aliphatic heterocycles. The molecule has 3 heteroatoms. The van der Waals surface area contributed by atoms with Gasteiger partial charge in [0.2, 0.25) is 0 Å². The number of hydrogen-bond acceptors (Lipinski definition) is 1. The molecular formula is C16H18N2O. The number of para-hydroxylation sites is 1. The maximum Gasteiger partial charge on any atom is 0.257 e. The summed E-state index contributed by atoms with van der Waals surface area (Å²) in [5.74, 6) is 0. The monoisotopic (exact) mass is 254 g/mol. The fourth-order valence-electron chi connectivity index (χ4n) is 2.18. The first kappa shape index (κ1) is 13.1. The van der Waals surface area contributed by atoms with E-state index < -0.39 is 0 Å². The van der Waals surface area contributed by atoms with Crippen molar-refractivity contribution in [1.29, 1.82) is 0 Å². The summed E-state index contributed by atoms with van der Waals surface area (Å²) < 4.78 is 2.04. The lowest BCUT2D eigenvalue weighted by molar-refractivity contribution is 1.11. The third-order valence-corrected chi connectivity index (χ3v) is 2.95. The van der Waals surface area contributed by atoms with Gasteiger partial charge in [0.05, 0.1) is 10.9 Å². The van der Waals surface area contributed by atoms with Crippen LogP contribution in [-0.2, 0) is 0 Å². The van der Waals surface area contributed by atoms with Crippen molar-refractivity contribution >= 4 is 10.9 Å². The maximum atomic E-state index is 11.8. The average Bonchev–Trinajstić information content (AvgIpc) is 2.81. The summed E-state index contributed by atoms with van der Waals surface area (Å²) in [4.78, 5) is 14.5. The number of nitrogens with one attached hydrogen (secondary N) is 1. The van der Waals surface area contributed by atoms with E-state index in [1.165, 1.54) is 0 Å². The molecule has 0 atom stereocenters. The predicted molar refractivity (Wildman–Crippen MR) is 80.0 cm³/mol. The normalized spacial score (nSPS) is 10.1. The molecule has 0 amide bonds. The summed E-state index contributed by atoms with van der Waals surface area (Å²) in [6, 6.07) is 11.9. The molecular weight excluding hydrogens is 236 g/mol. The van der Waals surface area contributed by atoms with Gasteiger partial charge in [-0.3, -0.25) is 4.79 Å². The minimum absolute atomic E-state index is 0.0327. The molecule has 3 rings (SSSR count). The molecule has 1 N–H and O–H groups in total. The maximum absolute atomic E-state index is 11.8. The summed E-state index contributed by atoms with van der Waals surface area (Å²) >= 11 is 0. The van der Waals surface area contributed by atoms with Gasteiger partial charge in [0.15, 0.2) is 0 Å². The highest BCUT2D eigenvalue weighted by Crippen LogP contribution is 2.20. The molecule has 3 aromatic rings. The quantitative estimate of drug-likeness (QED) is 0.707. The van der Waals surface area contributed by atoms with Gasteiger partial charge in [0.1, 0.15) is 0 Å². The second-order valence-corrected chi connectivity index (χ2v) is 4.08. The van der Waals surface area contributed by atoms with Gasteiger partial charge in [0.25, 0.3) is 5.56 Å². The van der Waals surface area contributed by atoms with E-state index >= 15 is 0 Å². The van der Waals surface area contributed by atoms with Crippen LogP contribution in [0.4, 0.5) is 0 Å². The number of aromatic amines is 1. The van der Waals surface area contributed by atoms with Crippen LogP contribution in [0, 0.1) is 6.92 Å². The number of aromatic nitrogens is 2. The van der Waals surface area contributed by atoms with Crippen LogP contribution in [0.1, 0.15) is 19.4 Å². The zero-order valence-corrected chi connectivity index (χ0v) is 11.5. The smallest absolute Gasteiger partial charge is 0.257 e. The second-order valence-electron chi connectivity index (χ2n) is 4.08. The third kappa shape index (κ3) is 2.32. The van der Waals surface area contributed by atoms with Crippen molar-refractivity contribution in [1.82, 2.24) is 9.55 Å². The van der Waals surface area contributed by atoms with Gasteiger partial charge in [0, 0.05) is 18.1 Å². The van der Waals surface area contributed by atoms with Crippen LogP contribution in [-0.4, -0.2) is 9.55 Å². The predicted octanol–water partition coefficient (Wildman–Crippen LogP) is 3.65. The summed E-state index contributed by atoms with van der Waals surface area (Å²) in [5, 5.41) is 0.761. The van der Waals surface area contributed by atoms with Gasteiger partial charge >= 0.3 is 0 Å². The number of rotatable bonds is 1. The highest BCUT2D eigenvalue weighted by molar-refractivity contribution is 5.84. The van der Waals surface area contributed by atoms with E-state index in [9.17, 15) is 4.79 Å². The fraction of sp³-hybridized carbons (Fsp3) is 0.188. The molecule has 0 radical (unpaired) electrons. The summed E-state index contributed by atoms with van der Waals surface area (Å²) in [6.07, 6.45) is 3.68. The first-order chi connectivity index (χ1) is 9.27. The molecule has 0 spiro atoms. The topological polar surface area (TPSA) is 37.8 Å². The minimum atomic E-state index is -0.0327. The minimum Gasteiger partial charge on any atom is -0.328 e.